The Morgan fingerprint density at radius 3 is 2.73 bits per heavy atom. The second-order valence-corrected chi connectivity index (χ2v) is 11.3. The van der Waals surface area contributed by atoms with E-state index in [1.54, 1.807) is 6.07 Å². The van der Waals surface area contributed by atoms with Gasteiger partial charge in [-0.25, -0.2) is 4.98 Å². The number of hydrogen-bond donors (Lipinski definition) is 3. The average molecular weight is 589 g/mol. The van der Waals surface area contributed by atoms with Crippen LogP contribution >= 0.6 is 27.5 Å². The van der Waals surface area contributed by atoms with Gasteiger partial charge in [-0.05, 0) is 62.9 Å². The van der Waals surface area contributed by atoms with E-state index >= 15 is 0 Å². The van der Waals surface area contributed by atoms with E-state index in [1.807, 2.05) is 50.2 Å². The molecule has 1 saturated heterocycles. The van der Waals surface area contributed by atoms with Gasteiger partial charge >= 0.3 is 5.97 Å². The topological polar surface area (TPSA) is 103 Å². The first-order chi connectivity index (χ1) is 17.6. The van der Waals surface area contributed by atoms with Crippen molar-refractivity contribution in [1.29, 1.82) is 0 Å². The SMILES string of the molecule is Cc1c(N2CCCC(C)(O)C2)nc2ccc(Br)cc2c1C(=O)NCC(CCC(=O)O)c1ccccc1Cl. The van der Waals surface area contributed by atoms with Crippen molar-refractivity contribution in [3.8, 4) is 0 Å². The summed E-state index contributed by atoms with van der Waals surface area (Å²) in [7, 11) is 0. The molecule has 0 radical (unpaired) electrons. The van der Waals surface area contributed by atoms with Crippen LogP contribution in [0.3, 0.4) is 0 Å². The predicted octanol–water partition coefficient (Wildman–Crippen LogP) is 5.69. The van der Waals surface area contributed by atoms with Crippen molar-refractivity contribution in [2.45, 2.75) is 51.0 Å². The van der Waals surface area contributed by atoms with Crippen LogP contribution in [0.1, 0.15) is 60.0 Å². The number of aliphatic hydroxyl groups is 1. The van der Waals surface area contributed by atoms with E-state index in [0.29, 0.717) is 34.9 Å². The van der Waals surface area contributed by atoms with Gasteiger partial charge in [-0.2, -0.15) is 0 Å². The smallest absolute Gasteiger partial charge is 0.303 e. The maximum absolute atomic E-state index is 13.7. The second kappa shape index (κ2) is 11.4. The first-order valence-electron chi connectivity index (χ1n) is 12.4. The zero-order chi connectivity index (χ0) is 26.7. The highest BCUT2D eigenvalue weighted by atomic mass is 79.9. The molecular formula is C28H31BrClN3O4. The molecule has 1 fully saturated rings. The summed E-state index contributed by atoms with van der Waals surface area (Å²) in [5, 5.41) is 24.2. The van der Waals surface area contributed by atoms with Crippen LogP contribution in [0, 0.1) is 6.92 Å². The lowest BCUT2D eigenvalue weighted by Crippen LogP contribution is -2.46. The van der Waals surface area contributed by atoms with Gasteiger partial charge in [0.05, 0.1) is 16.7 Å². The Hall–Kier alpha value is -2.68. The fourth-order valence-electron chi connectivity index (χ4n) is 5.09. The summed E-state index contributed by atoms with van der Waals surface area (Å²) in [5.41, 5.74) is 1.92. The number of rotatable bonds is 8. The number of benzene rings is 2. The third-order valence-electron chi connectivity index (χ3n) is 6.93. The molecule has 0 bridgehead atoms. The number of halogens is 2. The van der Waals surface area contributed by atoms with E-state index in [0.717, 1.165) is 40.4 Å². The zero-order valence-electron chi connectivity index (χ0n) is 20.9. The number of nitrogens with one attached hydrogen (secondary N) is 1. The second-order valence-electron chi connectivity index (χ2n) is 9.98. The van der Waals surface area contributed by atoms with Crippen LogP contribution < -0.4 is 10.2 Å². The van der Waals surface area contributed by atoms with E-state index in [1.165, 1.54) is 0 Å². The van der Waals surface area contributed by atoms with E-state index in [4.69, 9.17) is 16.6 Å². The predicted molar refractivity (Wildman–Crippen MR) is 150 cm³/mol. The van der Waals surface area contributed by atoms with Gasteiger partial charge in [0.2, 0.25) is 0 Å². The summed E-state index contributed by atoms with van der Waals surface area (Å²) < 4.78 is 0.833. The quantitative estimate of drug-likeness (QED) is 0.313. The molecule has 2 heterocycles. The van der Waals surface area contributed by atoms with Crippen LogP contribution in [0.25, 0.3) is 10.9 Å². The highest BCUT2D eigenvalue weighted by Crippen LogP contribution is 2.34. The van der Waals surface area contributed by atoms with Crippen LogP contribution in [0.2, 0.25) is 5.02 Å². The average Bonchev–Trinajstić information content (AvgIpc) is 2.83. The van der Waals surface area contributed by atoms with Gasteiger partial charge in [-0.1, -0.05) is 45.7 Å². The van der Waals surface area contributed by atoms with E-state index in [-0.39, 0.29) is 24.8 Å². The van der Waals surface area contributed by atoms with Crippen molar-refractivity contribution >= 4 is 56.1 Å². The molecule has 2 unspecified atom stereocenters. The minimum Gasteiger partial charge on any atom is -0.481 e. The number of hydrogen-bond acceptors (Lipinski definition) is 5. The minimum atomic E-state index is -0.897. The Balaban J connectivity index is 1.69. The van der Waals surface area contributed by atoms with Gasteiger partial charge in [0.25, 0.3) is 5.91 Å². The minimum absolute atomic E-state index is 0.0328. The lowest BCUT2D eigenvalue weighted by atomic mass is 9.93. The maximum Gasteiger partial charge on any atom is 0.303 e. The summed E-state index contributed by atoms with van der Waals surface area (Å²) in [6.07, 6.45) is 1.86. The number of aromatic nitrogens is 1. The van der Waals surface area contributed by atoms with Crippen molar-refractivity contribution in [1.82, 2.24) is 10.3 Å². The lowest BCUT2D eigenvalue weighted by molar-refractivity contribution is -0.137. The Morgan fingerprint density at radius 1 is 1.27 bits per heavy atom. The number of carbonyl (C=O) groups is 2. The van der Waals surface area contributed by atoms with E-state index in [2.05, 4.69) is 26.1 Å². The highest BCUT2D eigenvalue weighted by molar-refractivity contribution is 9.10. The molecule has 3 N–H and O–H groups in total. The first-order valence-corrected chi connectivity index (χ1v) is 13.5. The molecule has 0 aliphatic carbocycles. The van der Waals surface area contributed by atoms with Crippen molar-refractivity contribution in [2.24, 2.45) is 0 Å². The molecule has 9 heteroatoms. The van der Waals surface area contributed by atoms with Crippen molar-refractivity contribution in [2.75, 3.05) is 24.5 Å². The van der Waals surface area contributed by atoms with Crippen LogP contribution in [0.4, 0.5) is 5.82 Å². The Bertz CT molecular complexity index is 1330. The molecule has 0 spiro atoms. The van der Waals surface area contributed by atoms with Crippen molar-refractivity contribution in [3.63, 3.8) is 0 Å². The summed E-state index contributed by atoms with van der Waals surface area (Å²) in [6, 6.07) is 13.0. The number of carboxylic acid groups (broad SMARTS) is 1. The third kappa shape index (κ3) is 6.43. The number of carbonyl (C=O) groups excluding carboxylic acids is 1. The number of pyridine rings is 1. The molecule has 2 aromatic carbocycles. The van der Waals surface area contributed by atoms with Gasteiger partial charge < -0.3 is 20.4 Å². The fourth-order valence-corrected chi connectivity index (χ4v) is 5.75. The fraction of sp³-hybridized carbons (Fsp3) is 0.393. The van der Waals surface area contributed by atoms with Crippen molar-refractivity contribution < 1.29 is 19.8 Å². The lowest BCUT2D eigenvalue weighted by Gasteiger charge is -2.38. The zero-order valence-corrected chi connectivity index (χ0v) is 23.3. The molecule has 1 amide bonds. The molecule has 196 valence electrons. The number of carboxylic acids is 1. The number of amides is 1. The number of anilines is 1. The van der Waals surface area contributed by atoms with Gasteiger partial charge in [0.1, 0.15) is 5.82 Å². The van der Waals surface area contributed by atoms with Crippen molar-refractivity contribution in [3.05, 3.63) is 68.7 Å². The summed E-state index contributed by atoms with van der Waals surface area (Å²) in [6.45, 7) is 5.13. The summed E-state index contributed by atoms with van der Waals surface area (Å²) >= 11 is 9.93. The number of nitrogens with zero attached hydrogens (tertiary/aromatic N) is 2. The molecule has 2 atom stereocenters. The van der Waals surface area contributed by atoms with Crippen LogP contribution in [0.5, 0.6) is 0 Å². The van der Waals surface area contributed by atoms with Crippen LogP contribution in [0.15, 0.2) is 46.9 Å². The molecule has 3 aromatic rings. The number of piperidine rings is 1. The van der Waals surface area contributed by atoms with Gasteiger partial charge in [-0.15, -0.1) is 0 Å². The molecule has 0 saturated carbocycles. The number of aliphatic carboxylic acids is 1. The number of fused-ring (bicyclic) bond motifs is 1. The highest BCUT2D eigenvalue weighted by Gasteiger charge is 2.31. The largest absolute Gasteiger partial charge is 0.481 e. The van der Waals surface area contributed by atoms with E-state index in [9.17, 15) is 19.8 Å². The molecule has 7 nitrogen and oxygen atoms in total. The van der Waals surface area contributed by atoms with Gasteiger partial charge in [0, 0.05) is 52.4 Å². The monoisotopic (exact) mass is 587 g/mol. The molecule has 37 heavy (non-hydrogen) atoms. The molecular weight excluding hydrogens is 558 g/mol. The Labute approximate surface area is 230 Å². The number of β-amino-alcohol motifs (C(OH)–C–C–N with tert-alkyl or cyclic N) is 1. The Morgan fingerprint density at radius 2 is 2.03 bits per heavy atom. The van der Waals surface area contributed by atoms with Gasteiger partial charge in [0.15, 0.2) is 0 Å². The van der Waals surface area contributed by atoms with E-state index < -0.39 is 11.6 Å². The molecule has 1 aliphatic heterocycles. The van der Waals surface area contributed by atoms with Gasteiger partial charge in [-0.3, -0.25) is 9.59 Å². The standard InChI is InChI=1S/C28H31BrClN3O4/c1-17-25(27(36)31-15-18(8-11-24(34)35)20-6-3-4-7-22(20)30)21-14-19(29)9-10-23(21)32-26(17)33-13-5-12-28(2,37)16-33/h3-4,6-7,9-10,14,18,37H,5,8,11-13,15-16H2,1-2H3,(H,31,36)(H,34,35). The molecule has 4 rings (SSSR count). The molecule has 1 aliphatic rings. The summed E-state index contributed by atoms with van der Waals surface area (Å²) in [4.78, 5) is 32.0. The van der Waals surface area contributed by atoms with Crippen LogP contribution in [-0.4, -0.2) is 52.3 Å². The molecule has 1 aromatic heterocycles. The normalized spacial score (nSPS) is 18.6. The first kappa shape index (κ1) is 27.4. The van der Waals surface area contributed by atoms with Crippen LogP contribution in [-0.2, 0) is 4.79 Å². The summed E-state index contributed by atoms with van der Waals surface area (Å²) in [5.74, 6) is -0.731. The Kier molecular flexibility index (Phi) is 8.41. The third-order valence-corrected chi connectivity index (χ3v) is 7.76. The maximum atomic E-state index is 13.7.